The van der Waals surface area contributed by atoms with Crippen LogP contribution in [0, 0.1) is 36.0 Å². The van der Waals surface area contributed by atoms with Crippen LogP contribution in [0.2, 0.25) is 0 Å². The Labute approximate surface area is 179 Å². The number of esters is 1. The molecule has 3 fully saturated rings. The van der Waals surface area contributed by atoms with E-state index in [2.05, 4.69) is 25.9 Å². The van der Waals surface area contributed by atoms with E-state index in [-0.39, 0.29) is 23.4 Å². The number of aromatic nitrogens is 2. The Morgan fingerprint density at radius 2 is 1.83 bits per heavy atom. The fourth-order valence-corrected chi connectivity index (χ4v) is 8.54. The van der Waals surface area contributed by atoms with Gasteiger partial charge in [-0.05, 0) is 92.8 Å². The Balaban J connectivity index is 1.43. The maximum Gasteiger partial charge on any atom is 0.302 e. The molecule has 0 unspecified atom stereocenters. The van der Waals surface area contributed by atoms with Crippen LogP contribution in [-0.4, -0.2) is 27.8 Å². The zero-order valence-corrected chi connectivity index (χ0v) is 19.2. The standard InChI is InChI=1S/C25H36N2O3/c1-14-23-22(27(26-14)15(2)28)13-21-19-7-6-17-12-18(30-16(3)29)8-10-24(17,4)20(19)9-11-25(21,23)5/h17-21H,6-13H2,1-5H3/t17-,18+,19-,20+,21+,24-,25-/m0/s1. The summed E-state index contributed by atoms with van der Waals surface area (Å²) in [6.07, 6.45) is 9.34. The molecule has 4 aliphatic rings. The Bertz CT molecular complexity index is 904. The van der Waals surface area contributed by atoms with E-state index in [4.69, 9.17) is 4.74 Å². The van der Waals surface area contributed by atoms with Gasteiger partial charge in [-0.3, -0.25) is 9.59 Å². The summed E-state index contributed by atoms with van der Waals surface area (Å²) in [7, 11) is 0. The first-order chi connectivity index (χ1) is 14.1. The van der Waals surface area contributed by atoms with Crippen LogP contribution in [0.4, 0.5) is 0 Å². The molecular weight excluding hydrogens is 376 g/mol. The minimum absolute atomic E-state index is 0.0395. The van der Waals surface area contributed by atoms with E-state index >= 15 is 0 Å². The maximum absolute atomic E-state index is 12.2. The van der Waals surface area contributed by atoms with Crippen molar-refractivity contribution in [3.63, 3.8) is 0 Å². The molecule has 30 heavy (non-hydrogen) atoms. The largest absolute Gasteiger partial charge is 0.463 e. The molecule has 5 nitrogen and oxygen atoms in total. The molecule has 0 aliphatic heterocycles. The van der Waals surface area contributed by atoms with E-state index in [0.717, 1.165) is 36.8 Å². The highest BCUT2D eigenvalue weighted by Gasteiger charge is 2.60. The molecule has 164 valence electrons. The van der Waals surface area contributed by atoms with Crippen molar-refractivity contribution in [1.29, 1.82) is 0 Å². The summed E-state index contributed by atoms with van der Waals surface area (Å²) >= 11 is 0. The second kappa shape index (κ2) is 6.67. The van der Waals surface area contributed by atoms with E-state index < -0.39 is 0 Å². The lowest BCUT2D eigenvalue weighted by Gasteiger charge is -2.60. The van der Waals surface area contributed by atoms with Gasteiger partial charge in [0.15, 0.2) is 0 Å². The van der Waals surface area contributed by atoms with Crippen molar-refractivity contribution in [2.45, 2.75) is 97.5 Å². The van der Waals surface area contributed by atoms with Gasteiger partial charge in [0.05, 0.1) is 11.4 Å². The number of nitrogens with zero attached hydrogens (tertiary/aromatic N) is 2. The van der Waals surface area contributed by atoms with Gasteiger partial charge in [0.2, 0.25) is 5.91 Å². The highest BCUT2D eigenvalue weighted by Crippen LogP contribution is 2.66. The summed E-state index contributed by atoms with van der Waals surface area (Å²) in [6, 6.07) is 0. The monoisotopic (exact) mass is 412 g/mol. The van der Waals surface area contributed by atoms with E-state index in [9.17, 15) is 9.59 Å². The Kier molecular flexibility index (Phi) is 4.51. The Morgan fingerprint density at radius 3 is 2.53 bits per heavy atom. The van der Waals surface area contributed by atoms with Crippen molar-refractivity contribution in [3.8, 4) is 0 Å². The van der Waals surface area contributed by atoms with E-state index in [1.165, 1.54) is 50.3 Å². The van der Waals surface area contributed by atoms with Crippen LogP contribution >= 0.6 is 0 Å². The first kappa shape index (κ1) is 20.3. The van der Waals surface area contributed by atoms with Crippen molar-refractivity contribution in [1.82, 2.24) is 9.78 Å². The van der Waals surface area contributed by atoms with Crippen molar-refractivity contribution in [2.24, 2.45) is 29.1 Å². The first-order valence-corrected chi connectivity index (χ1v) is 11.9. The molecule has 1 heterocycles. The summed E-state index contributed by atoms with van der Waals surface area (Å²) in [6.45, 7) is 10.2. The van der Waals surface area contributed by atoms with Crippen molar-refractivity contribution in [2.75, 3.05) is 0 Å². The van der Waals surface area contributed by atoms with Gasteiger partial charge in [-0.25, -0.2) is 4.68 Å². The third-order valence-electron chi connectivity index (χ3n) is 9.78. The molecule has 0 bridgehead atoms. The minimum atomic E-state index is -0.135. The molecule has 5 heteroatoms. The van der Waals surface area contributed by atoms with Gasteiger partial charge in [0.25, 0.3) is 0 Å². The molecule has 0 aromatic carbocycles. The lowest BCUT2D eigenvalue weighted by atomic mass is 9.45. The van der Waals surface area contributed by atoms with E-state index in [1.807, 2.05) is 0 Å². The topological polar surface area (TPSA) is 61.2 Å². The number of hydrogen-bond acceptors (Lipinski definition) is 4. The molecule has 7 atom stereocenters. The fourth-order valence-electron chi connectivity index (χ4n) is 8.54. The molecule has 4 aliphatic carbocycles. The lowest BCUT2D eigenvalue weighted by molar-refractivity contribution is -0.157. The van der Waals surface area contributed by atoms with Gasteiger partial charge >= 0.3 is 5.97 Å². The van der Waals surface area contributed by atoms with Gasteiger partial charge in [-0.1, -0.05) is 13.8 Å². The van der Waals surface area contributed by atoms with Crippen LogP contribution < -0.4 is 0 Å². The summed E-state index contributed by atoms with van der Waals surface area (Å²) < 4.78 is 7.30. The zero-order chi connectivity index (χ0) is 21.4. The molecule has 0 radical (unpaired) electrons. The van der Waals surface area contributed by atoms with E-state index in [1.54, 1.807) is 11.6 Å². The van der Waals surface area contributed by atoms with Crippen LogP contribution in [0.5, 0.6) is 0 Å². The predicted octanol–water partition coefficient (Wildman–Crippen LogP) is 4.84. The zero-order valence-electron chi connectivity index (χ0n) is 19.2. The van der Waals surface area contributed by atoms with Gasteiger partial charge in [-0.2, -0.15) is 5.10 Å². The minimum Gasteiger partial charge on any atom is -0.463 e. The van der Waals surface area contributed by atoms with Crippen LogP contribution in [0.3, 0.4) is 0 Å². The SMILES string of the molecule is CC(=O)O[C@@H]1CC[C@@]2(C)[C@@H](CC[C@H]3[C@H]2CC[C@]2(C)c4c(C)nn(C(C)=O)c4C[C@H]32)C1. The Morgan fingerprint density at radius 1 is 1.07 bits per heavy atom. The number of fused-ring (bicyclic) bond motifs is 7. The molecule has 0 N–H and O–H groups in total. The molecular formula is C25H36N2O3. The van der Waals surface area contributed by atoms with Crippen LogP contribution in [-0.2, 0) is 21.4 Å². The van der Waals surface area contributed by atoms with Crippen molar-refractivity contribution < 1.29 is 14.3 Å². The van der Waals surface area contributed by atoms with Gasteiger partial charge in [0.1, 0.15) is 6.10 Å². The molecule has 1 aromatic heterocycles. The first-order valence-electron chi connectivity index (χ1n) is 11.9. The summed E-state index contributed by atoms with van der Waals surface area (Å²) in [4.78, 5) is 23.7. The normalized spacial score (nSPS) is 42.0. The summed E-state index contributed by atoms with van der Waals surface area (Å²) in [5.41, 5.74) is 4.15. The van der Waals surface area contributed by atoms with Crippen LogP contribution in [0.25, 0.3) is 0 Å². The number of carbonyl (C=O) groups excluding carboxylic acids is 2. The van der Waals surface area contributed by atoms with Gasteiger partial charge in [-0.15, -0.1) is 0 Å². The molecule has 0 amide bonds. The molecule has 1 aromatic rings. The quantitative estimate of drug-likeness (QED) is 0.619. The number of rotatable bonds is 1. The second-order valence-corrected chi connectivity index (χ2v) is 11.2. The van der Waals surface area contributed by atoms with Gasteiger partial charge in [0, 0.05) is 19.4 Å². The van der Waals surface area contributed by atoms with Crippen LogP contribution in [0.1, 0.15) is 94.4 Å². The average Bonchev–Trinajstić information content (AvgIpc) is 3.16. The van der Waals surface area contributed by atoms with E-state index in [0.29, 0.717) is 17.3 Å². The predicted molar refractivity (Wildman–Crippen MR) is 114 cm³/mol. The number of carbonyl (C=O) groups is 2. The van der Waals surface area contributed by atoms with Gasteiger partial charge < -0.3 is 4.74 Å². The number of ether oxygens (including phenoxy) is 1. The van der Waals surface area contributed by atoms with Crippen molar-refractivity contribution >= 4 is 11.9 Å². The third-order valence-corrected chi connectivity index (χ3v) is 9.78. The highest BCUT2D eigenvalue weighted by atomic mass is 16.5. The maximum atomic E-state index is 12.2. The third kappa shape index (κ3) is 2.69. The average molecular weight is 413 g/mol. The molecule has 5 rings (SSSR count). The highest BCUT2D eigenvalue weighted by molar-refractivity contribution is 5.77. The molecule has 3 saturated carbocycles. The lowest BCUT2D eigenvalue weighted by Crippen LogP contribution is -2.54. The Hall–Kier alpha value is -1.65. The number of hydrogen-bond donors (Lipinski definition) is 0. The number of aryl methyl sites for hydroxylation is 1. The second-order valence-electron chi connectivity index (χ2n) is 11.2. The van der Waals surface area contributed by atoms with Crippen LogP contribution in [0.15, 0.2) is 0 Å². The van der Waals surface area contributed by atoms with Crippen molar-refractivity contribution in [3.05, 3.63) is 17.0 Å². The molecule has 0 spiro atoms. The fraction of sp³-hybridized carbons (Fsp3) is 0.800. The molecule has 0 saturated heterocycles. The summed E-state index contributed by atoms with van der Waals surface area (Å²) in [5.74, 6) is 2.66. The smallest absolute Gasteiger partial charge is 0.302 e. The summed E-state index contributed by atoms with van der Waals surface area (Å²) in [5, 5.41) is 4.61.